The van der Waals surface area contributed by atoms with E-state index in [4.69, 9.17) is 4.74 Å². The summed E-state index contributed by atoms with van der Waals surface area (Å²) in [6.45, 7) is 9.58. The van der Waals surface area contributed by atoms with E-state index in [1.54, 1.807) is 18.1 Å². The van der Waals surface area contributed by atoms with Crippen molar-refractivity contribution in [3.63, 3.8) is 0 Å². The van der Waals surface area contributed by atoms with Crippen LogP contribution in [0.5, 0.6) is 0 Å². The summed E-state index contributed by atoms with van der Waals surface area (Å²) in [5.74, 6) is -0.824. The number of rotatable bonds is 12. The molecule has 4 rings (SSSR count). The molecule has 2 amide bonds. The lowest BCUT2D eigenvalue weighted by molar-refractivity contribution is -0.166. The molecule has 0 saturated heterocycles. The number of esters is 1. The SMILES string of the molecule is CNC(=O)[C@H](Cc1ccc2ccccc2c1)NCC(=O)N(Cc1ccc2ncccc2c1)[C@@H](CC(C)C)C(=O)OC(C)(C)C. The average Bonchev–Trinajstić information content (AvgIpc) is 2.99. The second kappa shape index (κ2) is 14.4. The zero-order chi connectivity index (χ0) is 31.9. The fourth-order valence-corrected chi connectivity index (χ4v) is 5.30. The minimum absolute atomic E-state index is 0.127. The summed E-state index contributed by atoms with van der Waals surface area (Å²) in [4.78, 5) is 46.6. The maximum absolute atomic E-state index is 14.1. The molecule has 2 N–H and O–H groups in total. The van der Waals surface area contributed by atoms with Crippen molar-refractivity contribution in [2.45, 2.75) is 71.7 Å². The van der Waals surface area contributed by atoms with E-state index in [2.05, 4.69) is 21.7 Å². The van der Waals surface area contributed by atoms with E-state index in [1.165, 1.54) is 0 Å². The fourth-order valence-electron chi connectivity index (χ4n) is 5.30. The number of pyridine rings is 1. The van der Waals surface area contributed by atoms with Crippen LogP contribution in [0.1, 0.15) is 52.2 Å². The highest BCUT2D eigenvalue weighted by molar-refractivity contribution is 5.88. The average molecular weight is 597 g/mol. The maximum Gasteiger partial charge on any atom is 0.329 e. The van der Waals surface area contributed by atoms with Crippen LogP contribution >= 0.6 is 0 Å². The summed E-state index contributed by atoms with van der Waals surface area (Å²) in [6, 6.07) is 22.4. The van der Waals surface area contributed by atoms with Crippen LogP contribution in [0.3, 0.4) is 0 Å². The number of amides is 2. The van der Waals surface area contributed by atoms with Gasteiger partial charge < -0.3 is 15.0 Å². The van der Waals surface area contributed by atoms with Crippen molar-refractivity contribution >= 4 is 39.5 Å². The molecule has 1 aromatic heterocycles. The number of nitrogens with zero attached hydrogens (tertiary/aromatic N) is 2. The molecule has 0 aliphatic rings. The molecule has 2 atom stereocenters. The van der Waals surface area contributed by atoms with Crippen LogP contribution in [0, 0.1) is 5.92 Å². The third kappa shape index (κ3) is 8.86. The van der Waals surface area contributed by atoms with Gasteiger partial charge in [-0.1, -0.05) is 68.4 Å². The first-order valence-corrected chi connectivity index (χ1v) is 15.2. The van der Waals surface area contributed by atoms with Crippen molar-refractivity contribution in [2.75, 3.05) is 13.6 Å². The quantitative estimate of drug-likeness (QED) is 0.212. The van der Waals surface area contributed by atoms with Crippen LogP contribution in [-0.2, 0) is 32.1 Å². The number of hydrogen-bond donors (Lipinski definition) is 2. The van der Waals surface area contributed by atoms with Crippen LogP contribution < -0.4 is 10.6 Å². The minimum Gasteiger partial charge on any atom is -0.458 e. The summed E-state index contributed by atoms with van der Waals surface area (Å²) in [5, 5.41) is 9.06. The Hall–Kier alpha value is -4.30. The predicted molar refractivity (Wildman–Crippen MR) is 175 cm³/mol. The lowest BCUT2D eigenvalue weighted by Gasteiger charge is -2.34. The van der Waals surface area contributed by atoms with Gasteiger partial charge in [-0.15, -0.1) is 0 Å². The number of ether oxygens (including phenoxy) is 1. The van der Waals surface area contributed by atoms with Gasteiger partial charge in [-0.05, 0) is 79.6 Å². The molecule has 1 heterocycles. The largest absolute Gasteiger partial charge is 0.458 e. The van der Waals surface area contributed by atoms with Gasteiger partial charge in [-0.2, -0.15) is 0 Å². The molecule has 0 aliphatic carbocycles. The van der Waals surface area contributed by atoms with Gasteiger partial charge in [0.1, 0.15) is 11.6 Å². The van der Waals surface area contributed by atoms with E-state index in [-0.39, 0.29) is 30.8 Å². The van der Waals surface area contributed by atoms with Crippen molar-refractivity contribution in [1.29, 1.82) is 0 Å². The van der Waals surface area contributed by atoms with Crippen molar-refractivity contribution in [2.24, 2.45) is 5.92 Å². The first kappa shape index (κ1) is 32.6. The normalized spacial score (nSPS) is 13.1. The molecule has 0 spiro atoms. The van der Waals surface area contributed by atoms with Gasteiger partial charge >= 0.3 is 5.97 Å². The monoisotopic (exact) mass is 596 g/mol. The Labute approximate surface area is 260 Å². The van der Waals surface area contributed by atoms with Gasteiger partial charge in [0.15, 0.2) is 0 Å². The number of carbonyl (C=O) groups excluding carboxylic acids is 3. The molecule has 8 heteroatoms. The molecule has 8 nitrogen and oxygen atoms in total. The van der Waals surface area contributed by atoms with E-state index in [0.29, 0.717) is 12.8 Å². The number of benzene rings is 3. The minimum atomic E-state index is -0.799. The number of nitrogens with one attached hydrogen (secondary N) is 2. The van der Waals surface area contributed by atoms with Gasteiger partial charge in [0.25, 0.3) is 0 Å². The fraction of sp³-hybridized carbons (Fsp3) is 0.389. The highest BCUT2D eigenvalue weighted by atomic mass is 16.6. The van der Waals surface area contributed by atoms with E-state index in [1.807, 2.05) is 101 Å². The molecule has 0 fully saturated rings. The van der Waals surface area contributed by atoms with Gasteiger partial charge in [0.2, 0.25) is 11.8 Å². The Bertz CT molecular complexity index is 1610. The first-order valence-electron chi connectivity index (χ1n) is 15.2. The molecule has 0 unspecified atom stereocenters. The molecule has 0 saturated carbocycles. The summed E-state index contributed by atoms with van der Waals surface area (Å²) in [7, 11) is 1.58. The Balaban J connectivity index is 1.61. The Kier molecular flexibility index (Phi) is 10.7. The molecule has 0 radical (unpaired) electrons. The molecule has 0 aliphatic heterocycles. The molecular formula is C36H44N4O4. The molecular weight excluding hydrogens is 552 g/mol. The van der Waals surface area contributed by atoms with Gasteiger partial charge in [-0.25, -0.2) is 4.79 Å². The highest BCUT2D eigenvalue weighted by Gasteiger charge is 2.34. The second-order valence-electron chi connectivity index (χ2n) is 12.7. The Morgan fingerprint density at radius 1 is 0.886 bits per heavy atom. The number of aromatic nitrogens is 1. The van der Waals surface area contributed by atoms with Crippen LogP contribution in [0.15, 0.2) is 79.0 Å². The number of likely N-dealkylation sites (N-methyl/N-ethyl adjacent to an activating group) is 1. The molecule has 3 aromatic carbocycles. The second-order valence-corrected chi connectivity index (χ2v) is 12.7. The van der Waals surface area contributed by atoms with Crippen molar-refractivity contribution in [1.82, 2.24) is 20.5 Å². The number of carbonyl (C=O) groups is 3. The Morgan fingerprint density at radius 2 is 1.57 bits per heavy atom. The zero-order valence-electron chi connectivity index (χ0n) is 26.6. The zero-order valence-corrected chi connectivity index (χ0v) is 26.6. The molecule has 232 valence electrons. The molecule has 4 aromatic rings. The van der Waals surface area contributed by atoms with Crippen LogP contribution in [0.4, 0.5) is 0 Å². The van der Waals surface area contributed by atoms with Crippen LogP contribution in [0.25, 0.3) is 21.7 Å². The van der Waals surface area contributed by atoms with Crippen LogP contribution in [-0.4, -0.2) is 58.9 Å². The van der Waals surface area contributed by atoms with Gasteiger partial charge in [-0.3, -0.25) is 19.9 Å². The molecule has 44 heavy (non-hydrogen) atoms. The van der Waals surface area contributed by atoms with Crippen molar-refractivity contribution < 1.29 is 19.1 Å². The van der Waals surface area contributed by atoms with E-state index >= 15 is 0 Å². The maximum atomic E-state index is 14.1. The third-order valence-electron chi connectivity index (χ3n) is 7.41. The lowest BCUT2D eigenvalue weighted by Crippen LogP contribution is -2.53. The summed E-state index contributed by atoms with van der Waals surface area (Å²) in [5.41, 5.74) is 1.99. The van der Waals surface area contributed by atoms with Crippen LogP contribution in [0.2, 0.25) is 0 Å². The summed E-state index contributed by atoms with van der Waals surface area (Å²) < 4.78 is 5.81. The third-order valence-corrected chi connectivity index (χ3v) is 7.41. The summed E-state index contributed by atoms with van der Waals surface area (Å²) >= 11 is 0. The van der Waals surface area contributed by atoms with Crippen molar-refractivity contribution in [3.05, 3.63) is 90.1 Å². The Morgan fingerprint density at radius 3 is 2.27 bits per heavy atom. The topological polar surface area (TPSA) is 101 Å². The van der Waals surface area contributed by atoms with Gasteiger partial charge in [0.05, 0.1) is 18.1 Å². The van der Waals surface area contributed by atoms with E-state index in [9.17, 15) is 14.4 Å². The van der Waals surface area contributed by atoms with E-state index in [0.717, 1.165) is 32.8 Å². The molecule has 0 bridgehead atoms. The summed E-state index contributed by atoms with van der Waals surface area (Å²) in [6.07, 6.45) is 2.58. The highest BCUT2D eigenvalue weighted by Crippen LogP contribution is 2.22. The van der Waals surface area contributed by atoms with E-state index < -0.39 is 23.7 Å². The predicted octanol–water partition coefficient (Wildman–Crippen LogP) is 5.42. The van der Waals surface area contributed by atoms with Crippen molar-refractivity contribution in [3.8, 4) is 0 Å². The smallest absolute Gasteiger partial charge is 0.329 e. The first-order chi connectivity index (χ1) is 20.9. The lowest BCUT2D eigenvalue weighted by atomic mass is 10.00. The number of hydrogen-bond acceptors (Lipinski definition) is 6. The standard InChI is InChI=1S/C36H44N4O4/c1-24(2)18-32(35(43)44-36(3,4)5)40(23-26-14-16-30-29(20-26)12-9-17-38-30)33(41)22-39-31(34(42)37-6)21-25-13-15-27-10-7-8-11-28(27)19-25/h7-17,19-20,24,31-32,39H,18,21-23H2,1-6H3,(H,37,42)/t31-,32-/m0/s1. The van der Waals surface area contributed by atoms with Gasteiger partial charge in [0, 0.05) is 25.2 Å². The number of fused-ring (bicyclic) bond motifs is 2.